The molecule has 4 nitrogen and oxygen atoms in total. The molecule has 0 bridgehead atoms. The summed E-state index contributed by atoms with van der Waals surface area (Å²) < 4.78 is 28.1. The smallest absolute Gasteiger partial charge is 0.200 e. The minimum Gasteiger partial charge on any atom is -0.200 e. The van der Waals surface area contributed by atoms with Crippen molar-refractivity contribution in [2.75, 3.05) is 13.3 Å². The molecule has 0 aliphatic carbocycles. The number of thiophene rings is 1. The Labute approximate surface area is 152 Å². The van der Waals surface area contributed by atoms with Crippen LogP contribution in [0.1, 0.15) is 11.1 Å². The second-order valence-corrected chi connectivity index (χ2v) is 10.5. The molecule has 0 saturated carbocycles. The standard InChI is InChI=1S/C14H15IN2O2S3/c1-10-4-6-12(7-5-10)22(18,19)17(2)16-9-11-8-13(15)21-14(11)20-3/h4-9H,1-3H3/b16-9-. The SMILES string of the molecule is CSc1sc(I)cc1/C=N\N(C)S(=O)(=O)c1ccc(C)cc1. The van der Waals surface area contributed by atoms with Gasteiger partial charge in [-0.3, -0.25) is 0 Å². The van der Waals surface area contributed by atoms with Gasteiger partial charge in [0, 0.05) is 12.6 Å². The van der Waals surface area contributed by atoms with Gasteiger partial charge in [-0.25, -0.2) is 0 Å². The topological polar surface area (TPSA) is 49.7 Å². The van der Waals surface area contributed by atoms with E-state index >= 15 is 0 Å². The number of benzene rings is 1. The zero-order valence-corrected chi connectivity index (χ0v) is 16.9. The van der Waals surface area contributed by atoms with Crippen molar-refractivity contribution in [1.29, 1.82) is 0 Å². The van der Waals surface area contributed by atoms with E-state index in [1.807, 2.05) is 19.2 Å². The van der Waals surface area contributed by atoms with Crippen LogP contribution in [0.15, 0.2) is 44.5 Å². The molecule has 22 heavy (non-hydrogen) atoms. The summed E-state index contributed by atoms with van der Waals surface area (Å²) in [5.41, 5.74) is 1.95. The Bertz CT molecular complexity index is 783. The van der Waals surface area contributed by atoms with E-state index < -0.39 is 10.0 Å². The van der Waals surface area contributed by atoms with Crippen LogP contribution >= 0.6 is 45.7 Å². The molecular formula is C14H15IN2O2S3. The maximum Gasteiger partial charge on any atom is 0.278 e. The highest BCUT2D eigenvalue weighted by Gasteiger charge is 2.19. The van der Waals surface area contributed by atoms with Crippen molar-refractivity contribution >= 4 is 61.9 Å². The molecule has 0 radical (unpaired) electrons. The Kier molecular flexibility index (Phi) is 5.92. The second-order valence-electron chi connectivity index (χ2n) is 4.49. The molecule has 2 rings (SSSR count). The van der Waals surface area contributed by atoms with Gasteiger partial charge in [-0.1, -0.05) is 17.7 Å². The Morgan fingerprint density at radius 2 is 1.95 bits per heavy atom. The number of aryl methyl sites for hydroxylation is 1. The van der Waals surface area contributed by atoms with Crippen molar-refractivity contribution in [1.82, 2.24) is 4.41 Å². The Morgan fingerprint density at radius 1 is 1.32 bits per heavy atom. The lowest BCUT2D eigenvalue weighted by atomic mass is 10.2. The highest BCUT2D eigenvalue weighted by molar-refractivity contribution is 14.1. The molecule has 1 heterocycles. The third kappa shape index (κ3) is 4.03. The van der Waals surface area contributed by atoms with Gasteiger partial charge in [0.2, 0.25) is 0 Å². The summed E-state index contributed by atoms with van der Waals surface area (Å²) >= 11 is 5.54. The summed E-state index contributed by atoms with van der Waals surface area (Å²) in [7, 11) is -2.16. The van der Waals surface area contributed by atoms with Gasteiger partial charge < -0.3 is 0 Å². The predicted octanol–water partition coefficient (Wildman–Crippen LogP) is 4.04. The van der Waals surface area contributed by atoms with Crippen LogP contribution < -0.4 is 0 Å². The number of sulfonamides is 1. The van der Waals surface area contributed by atoms with Crippen molar-refractivity contribution in [2.24, 2.45) is 5.10 Å². The van der Waals surface area contributed by atoms with Crippen molar-refractivity contribution in [3.8, 4) is 0 Å². The number of nitrogens with zero attached hydrogens (tertiary/aromatic N) is 2. The average molecular weight is 466 g/mol. The van der Waals surface area contributed by atoms with Crippen LogP contribution in [0, 0.1) is 9.81 Å². The molecule has 1 aromatic carbocycles. The molecule has 118 valence electrons. The molecular weight excluding hydrogens is 451 g/mol. The Morgan fingerprint density at radius 3 is 2.55 bits per heavy atom. The van der Waals surface area contributed by atoms with Gasteiger partial charge in [-0.15, -0.1) is 23.1 Å². The molecule has 8 heteroatoms. The third-order valence-electron chi connectivity index (χ3n) is 2.91. The number of hydrogen-bond acceptors (Lipinski definition) is 5. The number of hydrazone groups is 1. The van der Waals surface area contributed by atoms with Crippen LogP contribution in [0.2, 0.25) is 0 Å². The van der Waals surface area contributed by atoms with Crippen LogP contribution in [0.25, 0.3) is 0 Å². The maximum atomic E-state index is 12.4. The van der Waals surface area contributed by atoms with Gasteiger partial charge in [-0.05, 0) is 54.0 Å². The van der Waals surface area contributed by atoms with Gasteiger partial charge >= 0.3 is 0 Å². The summed E-state index contributed by atoms with van der Waals surface area (Å²) in [6, 6.07) is 8.73. The van der Waals surface area contributed by atoms with E-state index in [1.54, 1.807) is 53.6 Å². The van der Waals surface area contributed by atoms with Crippen LogP contribution in [-0.2, 0) is 10.0 Å². The number of rotatable bonds is 5. The number of hydrogen-bond donors (Lipinski definition) is 0. The van der Waals surface area contributed by atoms with Crippen molar-refractivity contribution in [3.63, 3.8) is 0 Å². The molecule has 1 aromatic heterocycles. The lowest BCUT2D eigenvalue weighted by Crippen LogP contribution is -2.21. The van der Waals surface area contributed by atoms with Crippen LogP contribution in [0.4, 0.5) is 0 Å². The van der Waals surface area contributed by atoms with E-state index in [0.717, 1.165) is 22.6 Å². The zero-order valence-electron chi connectivity index (χ0n) is 12.3. The normalized spacial score (nSPS) is 12.0. The first-order valence-corrected chi connectivity index (χ1v) is 10.8. The Hall–Kier alpha value is -0.580. The van der Waals surface area contributed by atoms with Crippen molar-refractivity contribution in [2.45, 2.75) is 16.0 Å². The lowest BCUT2D eigenvalue weighted by Gasteiger charge is -2.13. The monoisotopic (exact) mass is 466 g/mol. The van der Waals surface area contributed by atoms with Crippen LogP contribution in [-0.4, -0.2) is 32.4 Å². The quantitative estimate of drug-likeness (QED) is 0.289. The molecule has 0 amide bonds. The summed E-state index contributed by atoms with van der Waals surface area (Å²) in [5, 5.41) is 4.10. The fraction of sp³-hybridized carbons (Fsp3) is 0.214. The minimum atomic E-state index is -3.61. The highest BCUT2D eigenvalue weighted by atomic mass is 127. The molecule has 2 aromatic rings. The van der Waals surface area contributed by atoms with Gasteiger partial charge in [0.15, 0.2) is 0 Å². The lowest BCUT2D eigenvalue weighted by molar-refractivity contribution is 0.491. The first kappa shape index (κ1) is 17.8. The fourth-order valence-electron chi connectivity index (χ4n) is 1.68. The highest BCUT2D eigenvalue weighted by Crippen LogP contribution is 2.30. The first-order valence-electron chi connectivity index (χ1n) is 6.27. The van der Waals surface area contributed by atoms with Crippen LogP contribution in [0.5, 0.6) is 0 Å². The van der Waals surface area contributed by atoms with E-state index in [4.69, 9.17) is 0 Å². The molecule has 0 fully saturated rings. The van der Waals surface area contributed by atoms with E-state index in [9.17, 15) is 8.42 Å². The second kappa shape index (κ2) is 7.33. The van der Waals surface area contributed by atoms with Gasteiger partial charge in [0.05, 0.1) is 18.2 Å². The number of halogens is 1. The first-order chi connectivity index (χ1) is 10.3. The predicted molar refractivity (Wildman–Crippen MR) is 103 cm³/mol. The average Bonchev–Trinajstić information content (AvgIpc) is 2.85. The van der Waals surface area contributed by atoms with Crippen molar-refractivity contribution < 1.29 is 8.42 Å². The van der Waals surface area contributed by atoms with Gasteiger partial charge in [0.1, 0.15) is 0 Å². The Balaban J connectivity index is 2.25. The molecule has 0 aliphatic rings. The molecule has 0 unspecified atom stereocenters. The molecule has 0 atom stereocenters. The minimum absolute atomic E-state index is 0.239. The van der Waals surface area contributed by atoms with Gasteiger partial charge in [-0.2, -0.15) is 17.9 Å². The summed E-state index contributed by atoms with van der Waals surface area (Å²) in [6.07, 6.45) is 3.59. The largest absolute Gasteiger partial charge is 0.278 e. The summed E-state index contributed by atoms with van der Waals surface area (Å²) in [6.45, 7) is 1.92. The van der Waals surface area contributed by atoms with E-state index in [1.165, 1.54) is 7.05 Å². The molecule has 0 aliphatic heterocycles. The third-order valence-corrected chi connectivity index (χ3v) is 7.63. The molecule has 0 saturated heterocycles. The van der Waals surface area contributed by atoms with Gasteiger partial charge in [0.25, 0.3) is 10.0 Å². The maximum absolute atomic E-state index is 12.4. The van der Waals surface area contributed by atoms with Crippen LogP contribution in [0.3, 0.4) is 0 Å². The van der Waals surface area contributed by atoms with Crippen molar-refractivity contribution in [3.05, 3.63) is 44.3 Å². The number of thioether (sulfide) groups is 1. The molecule has 0 N–H and O–H groups in total. The summed E-state index contributed by atoms with van der Waals surface area (Å²) in [5.74, 6) is 0. The van der Waals surface area contributed by atoms with E-state index in [-0.39, 0.29) is 4.90 Å². The van der Waals surface area contributed by atoms with E-state index in [2.05, 4.69) is 27.7 Å². The zero-order chi connectivity index (χ0) is 16.3. The fourth-order valence-corrected chi connectivity index (χ4v) is 5.62. The molecule has 0 spiro atoms. The summed E-state index contributed by atoms with van der Waals surface area (Å²) in [4.78, 5) is 0.239. The van der Waals surface area contributed by atoms with E-state index in [0.29, 0.717) is 0 Å².